The number of nitrogens with zero attached hydrogens (tertiary/aromatic N) is 4. The molecule has 4 heterocycles. The third-order valence-corrected chi connectivity index (χ3v) is 7.54. The van der Waals surface area contributed by atoms with Crippen LogP contribution in [-0.2, 0) is 4.74 Å². The van der Waals surface area contributed by atoms with Gasteiger partial charge in [0.25, 0.3) is 5.91 Å². The lowest BCUT2D eigenvalue weighted by Gasteiger charge is -2.28. The van der Waals surface area contributed by atoms with Gasteiger partial charge in [-0.3, -0.25) is 4.79 Å². The monoisotopic (exact) mass is 473 g/mol. The number of ether oxygens (including phenoxy) is 1. The Labute approximate surface area is 203 Å². The summed E-state index contributed by atoms with van der Waals surface area (Å²) in [6, 6.07) is 4.56. The Morgan fingerprint density at radius 3 is 2.80 bits per heavy atom. The van der Waals surface area contributed by atoms with Crippen LogP contribution in [0, 0.1) is 5.92 Å². The Morgan fingerprint density at radius 2 is 2.03 bits per heavy atom. The van der Waals surface area contributed by atoms with E-state index < -0.39 is 0 Å². The molecule has 0 aromatic carbocycles. The molecule has 0 spiro atoms. The number of nitrogens with one attached hydrogen (secondary N) is 3. The van der Waals surface area contributed by atoms with E-state index in [2.05, 4.69) is 37.6 Å². The number of aromatic amines is 1. The highest BCUT2D eigenvalue weighted by Gasteiger charge is 2.28. The smallest absolute Gasteiger partial charge is 0.255 e. The van der Waals surface area contributed by atoms with E-state index in [0.29, 0.717) is 23.7 Å². The zero-order chi connectivity index (χ0) is 23.9. The third-order valence-electron chi connectivity index (χ3n) is 7.54. The maximum absolute atomic E-state index is 13.1. The van der Waals surface area contributed by atoms with E-state index in [1.54, 1.807) is 17.8 Å². The summed E-state index contributed by atoms with van der Waals surface area (Å²) in [6.07, 6.45) is 14.0. The van der Waals surface area contributed by atoms with Gasteiger partial charge < -0.3 is 20.4 Å². The number of H-pyrrole nitrogens is 1. The number of amides is 1. The number of carbonyl (C=O) groups is 1. The van der Waals surface area contributed by atoms with Crippen molar-refractivity contribution in [3.05, 3.63) is 42.5 Å². The Morgan fingerprint density at radius 1 is 1.20 bits per heavy atom. The first-order valence-electron chi connectivity index (χ1n) is 12.5. The van der Waals surface area contributed by atoms with Crippen molar-refractivity contribution in [1.82, 2.24) is 29.9 Å². The van der Waals surface area contributed by atoms with Gasteiger partial charge in [-0.25, -0.2) is 9.50 Å². The molecule has 0 unspecified atom stereocenters. The molecule has 3 N–H and O–H groups in total. The fourth-order valence-corrected chi connectivity index (χ4v) is 5.16. The van der Waals surface area contributed by atoms with Crippen molar-refractivity contribution in [2.45, 2.75) is 63.6 Å². The van der Waals surface area contributed by atoms with Crippen molar-refractivity contribution >= 4 is 28.4 Å². The molecule has 2 saturated carbocycles. The molecule has 35 heavy (non-hydrogen) atoms. The molecule has 4 aromatic heterocycles. The standard InChI is InChI=1S/C26H31N7O2/c1-15(16-3-4-16)30-26-28-13-21-20(12-27-24(21)32-26)17-9-10-33-23(11-17)22(14-29-33)25(34)31-18-5-7-19(35-2)8-6-18/h9-16,18-19H,3-8H2,1-2H3,(H,31,34)(H2,27,28,30,32)/t15-,18-,19-/m1/s1. The summed E-state index contributed by atoms with van der Waals surface area (Å²) in [6.45, 7) is 2.18. The molecule has 0 saturated heterocycles. The maximum Gasteiger partial charge on any atom is 0.255 e. The minimum absolute atomic E-state index is 0.0826. The Kier molecular flexibility index (Phi) is 5.64. The molecular weight excluding hydrogens is 442 g/mol. The highest BCUT2D eigenvalue weighted by atomic mass is 16.5. The quantitative estimate of drug-likeness (QED) is 0.372. The van der Waals surface area contributed by atoms with Gasteiger partial charge in [-0.1, -0.05) is 0 Å². The molecule has 2 aliphatic rings. The fourth-order valence-electron chi connectivity index (χ4n) is 5.16. The van der Waals surface area contributed by atoms with Gasteiger partial charge in [-0.2, -0.15) is 10.1 Å². The van der Waals surface area contributed by atoms with E-state index in [-0.39, 0.29) is 11.9 Å². The number of pyridine rings is 1. The number of fused-ring (bicyclic) bond motifs is 2. The van der Waals surface area contributed by atoms with Crippen LogP contribution in [0.5, 0.6) is 0 Å². The number of aromatic nitrogens is 5. The molecule has 2 fully saturated rings. The van der Waals surface area contributed by atoms with Gasteiger partial charge in [-0.15, -0.1) is 0 Å². The van der Waals surface area contributed by atoms with Crippen LogP contribution in [0.3, 0.4) is 0 Å². The zero-order valence-corrected chi connectivity index (χ0v) is 20.1. The van der Waals surface area contributed by atoms with Crippen LogP contribution in [0.2, 0.25) is 0 Å². The zero-order valence-electron chi connectivity index (χ0n) is 20.1. The molecule has 182 valence electrons. The van der Waals surface area contributed by atoms with E-state index in [1.807, 2.05) is 30.7 Å². The second kappa shape index (κ2) is 8.96. The molecule has 1 amide bonds. The first-order chi connectivity index (χ1) is 17.1. The van der Waals surface area contributed by atoms with Gasteiger partial charge in [0.2, 0.25) is 5.95 Å². The molecule has 6 rings (SSSR count). The van der Waals surface area contributed by atoms with Crippen molar-refractivity contribution in [1.29, 1.82) is 0 Å². The molecule has 9 nitrogen and oxygen atoms in total. The van der Waals surface area contributed by atoms with Crippen LogP contribution in [0.1, 0.15) is 55.8 Å². The summed E-state index contributed by atoms with van der Waals surface area (Å²) in [5.41, 5.74) is 4.12. The lowest BCUT2D eigenvalue weighted by atomic mass is 9.93. The molecule has 9 heteroatoms. The largest absolute Gasteiger partial charge is 0.381 e. The average Bonchev–Trinajstić information content (AvgIpc) is 3.52. The first-order valence-corrected chi connectivity index (χ1v) is 12.5. The van der Waals surface area contributed by atoms with Gasteiger partial charge in [-0.05, 0) is 69.1 Å². The highest BCUT2D eigenvalue weighted by Crippen LogP contribution is 2.34. The minimum Gasteiger partial charge on any atom is -0.381 e. The number of anilines is 1. The van der Waals surface area contributed by atoms with E-state index in [4.69, 9.17) is 4.74 Å². The van der Waals surface area contributed by atoms with Crippen molar-refractivity contribution in [2.75, 3.05) is 12.4 Å². The van der Waals surface area contributed by atoms with Crippen LogP contribution in [0.4, 0.5) is 5.95 Å². The predicted molar refractivity (Wildman–Crippen MR) is 134 cm³/mol. The van der Waals surface area contributed by atoms with Gasteiger partial charge in [0.15, 0.2) is 0 Å². The van der Waals surface area contributed by atoms with Crippen LogP contribution in [-0.4, -0.2) is 55.8 Å². The van der Waals surface area contributed by atoms with Crippen LogP contribution in [0.25, 0.3) is 27.7 Å². The highest BCUT2D eigenvalue weighted by molar-refractivity contribution is 6.02. The summed E-state index contributed by atoms with van der Waals surface area (Å²) >= 11 is 0. The minimum atomic E-state index is -0.0826. The van der Waals surface area contributed by atoms with Crippen LogP contribution >= 0.6 is 0 Å². The van der Waals surface area contributed by atoms with Crippen molar-refractivity contribution < 1.29 is 9.53 Å². The van der Waals surface area contributed by atoms with E-state index >= 15 is 0 Å². The summed E-state index contributed by atoms with van der Waals surface area (Å²) in [7, 11) is 1.76. The number of methoxy groups -OCH3 is 1. The number of carbonyl (C=O) groups excluding carboxylic acids is 1. The Hall–Kier alpha value is -3.46. The first kappa shape index (κ1) is 22.0. The van der Waals surface area contributed by atoms with Crippen molar-refractivity contribution in [2.24, 2.45) is 5.92 Å². The predicted octanol–water partition coefficient (Wildman–Crippen LogP) is 4.17. The van der Waals surface area contributed by atoms with Gasteiger partial charge in [0, 0.05) is 48.7 Å². The van der Waals surface area contributed by atoms with Gasteiger partial charge in [0.1, 0.15) is 5.65 Å². The number of hydrogen-bond acceptors (Lipinski definition) is 6. The molecule has 0 radical (unpaired) electrons. The van der Waals surface area contributed by atoms with Crippen LogP contribution in [0.15, 0.2) is 36.9 Å². The van der Waals surface area contributed by atoms with E-state index in [0.717, 1.165) is 59.3 Å². The maximum atomic E-state index is 13.1. The van der Waals surface area contributed by atoms with Crippen LogP contribution < -0.4 is 10.6 Å². The second-order valence-electron chi connectivity index (χ2n) is 9.91. The normalized spacial score (nSPS) is 21.3. The summed E-state index contributed by atoms with van der Waals surface area (Å²) in [5, 5.41) is 12.0. The van der Waals surface area contributed by atoms with Gasteiger partial charge >= 0.3 is 0 Å². The molecule has 2 aliphatic carbocycles. The van der Waals surface area contributed by atoms with Crippen molar-refractivity contribution in [3.8, 4) is 11.1 Å². The molecule has 0 bridgehead atoms. The lowest BCUT2D eigenvalue weighted by molar-refractivity contribution is 0.0599. The molecule has 4 aromatic rings. The third kappa shape index (κ3) is 4.36. The Bertz CT molecular complexity index is 1360. The van der Waals surface area contributed by atoms with E-state index in [1.165, 1.54) is 12.8 Å². The molecular formula is C26H31N7O2. The molecule has 0 aliphatic heterocycles. The fraction of sp³-hybridized carbons (Fsp3) is 0.462. The van der Waals surface area contributed by atoms with E-state index in [9.17, 15) is 4.79 Å². The summed E-state index contributed by atoms with van der Waals surface area (Å²) < 4.78 is 7.19. The van der Waals surface area contributed by atoms with Crippen molar-refractivity contribution in [3.63, 3.8) is 0 Å². The lowest BCUT2D eigenvalue weighted by Crippen LogP contribution is -2.38. The summed E-state index contributed by atoms with van der Waals surface area (Å²) in [4.78, 5) is 25.6. The number of rotatable bonds is 7. The summed E-state index contributed by atoms with van der Waals surface area (Å²) in [5.74, 6) is 1.29. The Balaban J connectivity index is 1.24. The average molecular weight is 474 g/mol. The molecule has 1 atom stereocenters. The SMILES string of the molecule is CO[C@H]1CC[C@H](NC(=O)c2cnn3ccc(-c4c[nH]c5nc(N[C@H](C)C6CC6)ncc45)cc23)CC1. The van der Waals surface area contributed by atoms with Gasteiger partial charge in [0.05, 0.1) is 23.4 Å². The topological polar surface area (TPSA) is 109 Å². The number of hydrogen-bond donors (Lipinski definition) is 3. The second-order valence-corrected chi connectivity index (χ2v) is 9.91.